The van der Waals surface area contributed by atoms with Crippen LogP contribution in [0.2, 0.25) is 0 Å². The van der Waals surface area contributed by atoms with Crippen molar-refractivity contribution in [1.29, 1.82) is 0 Å². The van der Waals surface area contributed by atoms with Gasteiger partial charge in [0.1, 0.15) is 12.2 Å². The summed E-state index contributed by atoms with van der Waals surface area (Å²) >= 11 is 2.13. The Hall–Kier alpha value is -1.90. The molecule has 0 aliphatic carbocycles. The number of methoxy groups -OCH3 is 1. The Morgan fingerprint density at radius 1 is 1.40 bits per heavy atom. The lowest BCUT2D eigenvalue weighted by Gasteiger charge is -2.09. The third-order valence-electron chi connectivity index (χ3n) is 2.68. The molecule has 0 saturated carbocycles. The van der Waals surface area contributed by atoms with E-state index in [-0.39, 0.29) is 5.70 Å². The van der Waals surface area contributed by atoms with Crippen LogP contribution in [-0.4, -0.2) is 36.5 Å². The van der Waals surface area contributed by atoms with E-state index in [0.717, 1.165) is 14.0 Å². The van der Waals surface area contributed by atoms with Crippen molar-refractivity contribution in [3.05, 3.63) is 39.1 Å². The van der Waals surface area contributed by atoms with Gasteiger partial charge < -0.3 is 10.1 Å². The van der Waals surface area contributed by atoms with Crippen molar-refractivity contribution in [3.63, 3.8) is 0 Å². The van der Waals surface area contributed by atoms with E-state index in [9.17, 15) is 14.4 Å². The fraction of sp³-hybridized carbons (Fsp3) is 0.154. The van der Waals surface area contributed by atoms with E-state index in [2.05, 4.69) is 32.6 Å². The molecule has 1 saturated heterocycles. The van der Waals surface area contributed by atoms with Gasteiger partial charge in [0.25, 0.3) is 5.91 Å². The molecule has 1 fully saturated rings. The van der Waals surface area contributed by atoms with Gasteiger partial charge in [0, 0.05) is 3.57 Å². The van der Waals surface area contributed by atoms with Crippen LogP contribution in [0.15, 0.2) is 30.0 Å². The predicted molar refractivity (Wildman–Crippen MR) is 79.4 cm³/mol. The fourth-order valence-corrected chi connectivity index (χ4v) is 2.20. The smallest absolute Gasteiger partial charge is 0.329 e. The zero-order chi connectivity index (χ0) is 14.7. The predicted octanol–water partition coefficient (Wildman–Crippen LogP) is 1.36. The van der Waals surface area contributed by atoms with Crippen molar-refractivity contribution < 1.29 is 19.1 Å². The van der Waals surface area contributed by atoms with Crippen molar-refractivity contribution in [3.8, 4) is 0 Å². The maximum atomic E-state index is 12.0. The molecule has 0 bridgehead atoms. The quantitative estimate of drug-likeness (QED) is 0.369. The van der Waals surface area contributed by atoms with E-state index in [1.165, 1.54) is 7.11 Å². The average Bonchev–Trinajstić information content (AvgIpc) is 2.69. The molecule has 0 unspecified atom stereocenters. The van der Waals surface area contributed by atoms with Crippen LogP contribution in [0, 0.1) is 3.57 Å². The lowest BCUT2D eigenvalue weighted by Crippen LogP contribution is -2.36. The standard InChI is InChI=1S/C13H11IN2O4/c1-20-11(17)7-16-12(18)10(15-13(16)19)6-8-4-2-3-5-9(8)14/h2-6H,7H2,1H3,(H,15,19)/b10-6+. The molecule has 1 aromatic carbocycles. The molecular formula is C13H11IN2O4. The highest BCUT2D eigenvalue weighted by atomic mass is 127. The van der Waals surface area contributed by atoms with Crippen LogP contribution >= 0.6 is 22.6 Å². The van der Waals surface area contributed by atoms with Crippen LogP contribution in [0.1, 0.15) is 5.56 Å². The van der Waals surface area contributed by atoms with Crippen LogP contribution in [0.4, 0.5) is 4.79 Å². The molecule has 0 radical (unpaired) electrons. The fourth-order valence-electron chi connectivity index (χ4n) is 1.66. The van der Waals surface area contributed by atoms with Crippen molar-refractivity contribution in [1.82, 2.24) is 10.2 Å². The molecule has 104 valence electrons. The van der Waals surface area contributed by atoms with E-state index in [1.807, 2.05) is 24.3 Å². The first kappa shape index (κ1) is 14.5. The summed E-state index contributed by atoms with van der Waals surface area (Å²) < 4.78 is 5.40. The molecule has 1 aliphatic rings. The molecule has 2 rings (SSSR count). The summed E-state index contributed by atoms with van der Waals surface area (Å²) in [4.78, 5) is 35.7. The van der Waals surface area contributed by atoms with E-state index in [1.54, 1.807) is 6.08 Å². The number of esters is 1. The normalized spacial score (nSPS) is 16.5. The number of carbonyl (C=O) groups excluding carboxylic acids is 3. The Morgan fingerprint density at radius 2 is 2.10 bits per heavy atom. The molecule has 7 heteroatoms. The number of carbonyl (C=O) groups is 3. The minimum absolute atomic E-state index is 0.142. The molecule has 1 aliphatic heterocycles. The Labute approximate surface area is 128 Å². The average molecular weight is 386 g/mol. The number of amides is 3. The number of rotatable bonds is 3. The molecule has 1 N–H and O–H groups in total. The Balaban J connectivity index is 2.24. The molecule has 0 atom stereocenters. The first-order chi connectivity index (χ1) is 9.52. The minimum atomic E-state index is -0.649. The van der Waals surface area contributed by atoms with Gasteiger partial charge in [0.15, 0.2) is 0 Å². The summed E-state index contributed by atoms with van der Waals surface area (Å²) in [6, 6.07) is 6.81. The number of hydrogen-bond acceptors (Lipinski definition) is 4. The topological polar surface area (TPSA) is 75.7 Å². The summed E-state index contributed by atoms with van der Waals surface area (Å²) in [6.45, 7) is -0.398. The van der Waals surface area contributed by atoms with E-state index >= 15 is 0 Å². The van der Waals surface area contributed by atoms with Gasteiger partial charge in [-0.05, 0) is 40.3 Å². The molecule has 6 nitrogen and oxygen atoms in total. The Morgan fingerprint density at radius 3 is 2.75 bits per heavy atom. The summed E-state index contributed by atoms with van der Waals surface area (Å²) in [6.07, 6.45) is 1.58. The number of nitrogens with one attached hydrogen (secondary N) is 1. The number of imide groups is 1. The molecular weight excluding hydrogens is 375 g/mol. The second-order valence-electron chi connectivity index (χ2n) is 3.98. The molecule has 0 spiro atoms. The zero-order valence-corrected chi connectivity index (χ0v) is 12.7. The number of urea groups is 1. The monoisotopic (exact) mass is 386 g/mol. The minimum Gasteiger partial charge on any atom is -0.468 e. The summed E-state index contributed by atoms with van der Waals surface area (Å²) in [5.41, 5.74) is 0.958. The number of hydrogen-bond donors (Lipinski definition) is 1. The molecule has 3 amide bonds. The van der Waals surface area contributed by atoms with Crippen molar-refractivity contribution in [2.75, 3.05) is 13.7 Å². The van der Waals surface area contributed by atoms with Gasteiger partial charge in [0.2, 0.25) is 0 Å². The van der Waals surface area contributed by atoms with Gasteiger partial charge in [-0.15, -0.1) is 0 Å². The second kappa shape index (κ2) is 6.04. The molecule has 1 heterocycles. The third kappa shape index (κ3) is 2.98. The lowest BCUT2D eigenvalue weighted by molar-refractivity contribution is -0.143. The van der Waals surface area contributed by atoms with Gasteiger partial charge in [-0.2, -0.15) is 0 Å². The maximum Gasteiger partial charge on any atom is 0.329 e. The SMILES string of the molecule is COC(=O)CN1C(=O)N/C(=C/c2ccccc2I)C1=O. The van der Waals surface area contributed by atoms with Crippen molar-refractivity contribution >= 4 is 46.6 Å². The zero-order valence-electron chi connectivity index (χ0n) is 10.6. The third-order valence-corrected chi connectivity index (χ3v) is 3.66. The summed E-state index contributed by atoms with van der Waals surface area (Å²) in [5, 5.41) is 2.45. The van der Waals surface area contributed by atoms with Crippen LogP contribution in [0.3, 0.4) is 0 Å². The van der Waals surface area contributed by atoms with Gasteiger partial charge in [0.05, 0.1) is 7.11 Å². The second-order valence-corrected chi connectivity index (χ2v) is 5.14. The molecule has 0 aromatic heterocycles. The van der Waals surface area contributed by atoms with Crippen LogP contribution in [-0.2, 0) is 14.3 Å². The van der Waals surface area contributed by atoms with Crippen molar-refractivity contribution in [2.45, 2.75) is 0 Å². The first-order valence-corrected chi connectivity index (χ1v) is 6.76. The van der Waals surface area contributed by atoms with Crippen LogP contribution in [0.5, 0.6) is 0 Å². The molecule has 20 heavy (non-hydrogen) atoms. The Kier molecular flexibility index (Phi) is 4.38. The maximum absolute atomic E-state index is 12.0. The van der Waals surface area contributed by atoms with E-state index in [4.69, 9.17) is 0 Å². The van der Waals surface area contributed by atoms with Gasteiger partial charge in [-0.25, -0.2) is 9.69 Å². The Bertz CT molecular complexity index is 612. The number of halogens is 1. The van der Waals surface area contributed by atoms with Crippen LogP contribution in [0.25, 0.3) is 6.08 Å². The highest BCUT2D eigenvalue weighted by molar-refractivity contribution is 14.1. The van der Waals surface area contributed by atoms with Gasteiger partial charge in [-0.3, -0.25) is 9.59 Å². The van der Waals surface area contributed by atoms with Gasteiger partial charge in [-0.1, -0.05) is 18.2 Å². The first-order valence-electron chi connectivity index (χ1n) is 5.69. The van der Waals surface area contributed by atoms with Crippen molar-refractivity contribution in [2.24, 2.45) is 0 Å². The number of ether oxygens (including phenoxy) is 1. The van der Waals surface area contributed by atoms with E-state index in [0.29, 0.717) is 0 Å². The number of benzene rings is 1. The highest BCUT2D eigenvalue weighted by Gasteiger charge is 2.35. The lowest BCUT2D eigenvalue weighted by atomic mass is 10.2. The highest BCUT2D eigenvalue weighted by Crippen LogP contribution is 2.18. The number of nitrogens with zero attached hydrogens (tertiary/aromatic N) is 1. The van der Waals surface area contributed by atoms with Crippen LogP contribution < -0.4 is 5.32 Å². The summed E-state index contributed by atoms with van der Waals surface area (Å²) in [5.74, 6) is -1.19. The van der Waals surface area contributed by atoms with E-state index < -0.39 is 24.5 Å². The van der Waals surface area contributed by atoms with Gasteiger partial charge >= 0.3 is 12.0 Å². The summed E-state index contributed by atoms with van der Waals surface area (Å²) in [7, 11) is 1.20. The molecule has 1 aromatic rings. The largest absolute Gasteiger partial charge is 0.468 e.